The number of aromatic hydroxyl groups is 1. The lowest BCUT2D eigenvalue weighted by molar-refractivity contribution is 0.410. The standard InChI is InChI=1S/C15H17ClN2O2/c1-2-9-3-4-10(7-9)14-17-15(20-18-14)12-6-5-11(16)8-13(12)19/h5-6,8-10,19H,2-4,7H2,1H3. The van der Waals surface area contributed by atoms with Gasteiger partial charge in [0.25, 0.3) is 5.89 Å². The Labute approximate surface area is 122 Å². The molecule has 4 nitrogen and oxygen atoms in total. The molecule has 0 aliphatic heterocycles. The average Bonchev–Trinajstić information content (AvgIpc) is 3.07. The summed E-state index contributed by atoms with van der Waals surface area (Å²) in [5.41, 5.74) is 0.526. The molecule has 1 aromatic carbocycles. The fourth-order valence-corrected chi connectivity index (χ4v) is 3.04. The maximum atomic E-state index is 9.89. The van der Waals surface area contributed by atoms with Gasteiger partial charge in [0.05, 0.1) is 5.56 Å². The number of benzene rings is 1. The summed E-state index contributed by atoms with van der Waals surface area (Å²) >= 11 is 5.82. The maximum absolute atomic E-state index is 9.89. The van der Waals surface area contributed by atoms with Crippen LogP contribution in [0.15, 0.2) is 22.7 Å². The van der Waals surface area contributed by atoms with Gasteiger partial charge in [0, 0.05) is 10.9 Å². The van der Waals surface area contributed by atoms with Crippen LogP contribution in [-0.4, -0.2) is 15.2 Å². The van der Waals surface area contributed by atoms with Crippen LogP contribution in [0.25, 0.3) is 11.5 Å². The predicted molar refractivity (Wildman–Crippen MR) is 76.8 cm³/mol. The van der Waals surface area contributed by atoms with Gasteiger partial charge in [-0.25, -0.2) is 0 Å². The fourth-order valence-electron chi connectivity index (χ4n) is 2.88. The van der Waals surface area contributed by atoms with Gasteiger partial charge in [0.15, 0.2) is 5.82 Å². The SMILES string of the molecule is CCC1CCC(c2noc(-c3ccc(Cl)cc3O)n2)C1. The lowest BCUT2D eigenvalue weighted by atomic mass is 10.0. The molecule has 1 saturated carbocycles. The molecule has 0 amide bonds. The molecule has 1 fully saturated rings. The molecule has 0 radical (unpaired) electrons. The van der Waals surface area contributed by atoms with Crippen LogP contribution in [0.5, 0.6) is 5.75 Å². The highest BCUT2D eigenvalue weighted by Gasteiger charge is 2.28. The summed E-state index contributed by atoms with van der Waals surface area (Å²) in [4.78, 5) is 4.44. The first-order valence-corrected chi connectivity index (χ1v) is 7.37. The van der Waals surface area contributed by atoms with E-state index in [1.807, 2.05) is 0 Å². The number of phenolic OH excluding ortho intramolecular Hbond substituents is 1. The highest BCUT2D eigenvalue weighted by atomic mass is 35.5. The van der Waals surface area contributed by atoms with Crippen molar-refractivity contribution < 1.29 is 9.63 Å². The molecule has 3 rings (SSSR count). The Kier molecular flexibility index (Phi) is 3.66. The van der Waals surface area contributed by atoms with Gasteiger partial charge in [-0.2, -0.15) is 4.98 Å². The molecule has 0 spiro atoms. The van der Waals surface area contributed by atoms with Gasteiger partial charge >= 0.3 is 0 Å². The van der Waals surface area contributed by atoms with E-state index in [2.05, 4.69) is 17.1 Å². The summed E-state index contributed by atoms with van der Waals surface area (Å²) in [6.07, 6.45) is 4.68. The summed E-state index contributed by atoms with van der Waals surface area (Å²) in [6, 6.07) is 4.87. The van der Waals surface area contributed by atoms with Crippen molar-refractivity contribution in [3.8, 4) is 17.2 Å². The highest BCUT2D eigenvalue weighted by Crippen LogP contribution is 2.39. The average molecular weight is 293 g/mol. The van der Waals surface area contributed by atoms with Crippen molar-refractivity contribution in [3.05, 3.63) is 29.0 Å². The molecule has 20 heavy (non-hydrogen) atoms. The molecular weight excluding hydrogens is 276 g/mol. The second-order valence-corrected chi connectivity index (χ2v) is 5.84. The second kappa shape index (κ2) is 5.44. The van der Waals surface area contributed by atoms with Crippen LogP contribution < -0.4 is 0 Å². The van der Waals surface area contributed by atoms with E-state index >= 15 is 0 Å². The van der Waals surface area contributed by atoms with E-state index in [1.54, 1.807) is 12.1 Å². The lowest BCUT2D eigenvalue weighted by Gasteiger charge is -2.04. The fraction of sp³-hybridized carbons (Fsp3) is 0.467. The second-order valence-electron chi connectivity index (χ2n) is 5.40. The van der Waals surface area contributed by atoms with E-state index in [0.29, 0.717) is 22.4 Å². The number of halogens is 1. The molecule has 0 saturated heterocycles. The molecular formula is C15H17ClN2O2. The van der Waals surface area contributed by atoms with Crippen LogP contribution in [0.4, 0.5) is 0 Å². The van der Waals surface area contributed by atoms with Crippen molar-refractivity contribution >= 4 is 11.6 Å². The first kappa shape index (κ1) is 13.4. The minimum atomic E-state index is 0.0607. The summed E-state index contributed by atoms with van der Waals surface area (Å²) in [7, 11) is 0. The van der Waals surface area contributed by atoms with Crippen molar-refractivity contribution in [1.29, 1.82) is 0 Å². The van der Waals surface area contributed by atoms with Gasteiger partial charge < -0.3 is 9.63 Å². The molecule has 1 N–H and O–H groups in total. The van der Waals surface area contributed by atoms with Crippen LogP contribution in [0.1, 0.15) is 44.3 Å². The zero-order chi connectivity index (χ0) is 14.1. The molecule has 0 bridgehead atoms. The molecule has 106 valence electrons. The number of nitrogens with zero attached hydrogens (tertiary/aromatic N) is 2. The van der Waals surface area contributed by atoms with Crippen molar-refractivity contribution in [1.82, 2.24) is 10.1 Å². The first-order valence-electron chi connectivity index (χ1n) is 7.00. The van der Waals surface area contributed by atoms with Crippen LogP contribution in [0, 0.1) is 5.92 Å². The molecule has 1 aliphatic rings. The Bertz CT molecular complexity index is 612. The molecule has 2 unspecified atom stereocenters. The van der Waals surface area contributed by atoms with E-state index in [4.69, 9.17) is 16.1 Å². The van der Waals surface area contributed by atoms with Gasteiger partial charge in [-0.1, -0.05) is 30.1 Å². The Morgan fingerprint density at radius 1 is 1.40 bits per heavy atom. The minimum Gasteiger partial charge on any atom is -0.507 e. The minimum absolute atomic E-state index is 0.0607. The number of hydrogen-bond donors (Lipinski definition) is 1. The van der Waals surface area contributed by atoms with Crippen LogP contribution in [-0.2, 0) is 0 Å². The van der Waals surface area contributed by atoms with Crippen LogP contribution in [0.2, 0.25) is 5.02 Å². The Morgan fingerprint density at radius 2 is 2.25 bits per heavy atom. The van der Waals surface area contributed by atoms with E-state index in [-0.39, 0.29) is 5.75 Å². The molecule has 1 aromatic heterocycles. The normalized spacial score (nSPS) is 22.3. The molecule has 5 heteroatoms. The first-order chi connectivity index (χ1) is 9.67. The van der Waals surface area contributed by atoms with Gasteiger partial charge in [0.2, 0.25) is 0 Å². The highest BCUT2D eigenvalue weighted by molar-refractivity contribution is 6.30. The summed E-state index contributed by atoms with van der Waals surface area (Å²) < 4.78 is 5.29. The van der Waals surface area contributed by atoms with Crippen LogP contribution >= 0.6 is 11.6 Å². The smallest absolute Gasteiger partial charge is 0.261 e. The predicted octanol–water partition coefficient (Wildman–Crippen LogP) is 4.39. The zero-order valence-electron chi connectivity index (χ0n) is 11.3. The molecule has 2 aromatic rings. The molecule has 1 heterocycles. The monoisotopic (exact) mass is 292 g/mol. The Morgan fingerprint density at radius 3 is 2.95 bits per heavy atom. The van der Waals surface area contributed by atoms with Crippen molar-refractivity contribution in [2.75, 3.05) is 0 Å². The number of aromatic nitrogens is 2. The third kappa shape index (κ3) is 2.52. The quantitative estimate of drug-likeness (QED) is 0.911. The van der Waals surface area contributed by atoms with E-state index in [0.717, 1.165) is 24.6 Å². The van der Waals surface area contributed by atoms with Crippen molar-refractivity contribution in [3.63, 3.8) is 0 Å². The maximum Gasteiger partial charge on any atom is 0.261 e. The van der Waals surface area contributed by atoms with Crippen LogP contribution in [0.3, 0.4) is 0 Å². The largest absolute Gasteiger partial charge is 0.507 e. The van der Waals surface area contributed by atoms with Gasteiger partial charge in [-0.3, -0.25) is 0 Å². The topological polar surface area (TPSA) is 59.2 Å². The molecule has 2 atom stereocenters. The van der Waals surface area contributed by atoms with Gasteiger partial charge in [0.1, 0.15) is 5.75 Å². The Hall–Kier alpha value is -1.55. The summed E-state index contributed by atoms with van der Waals surface area (Å²) in [5.74, 6) is 2.32. The zero-order valence-corrected chi connectivity index (χ0v) is 12.1. The number of hydrogen-bond acceptors (Lipinski definition) is 4. The Balaban J connectivity index is 1.83. The molecule has 1 aliphatic carbocycles. The third-order valence-corrected chi connectivity index (χ3v) is 4.35. The van der Waals surface area contributed by atoms with E-state index in [1.165, 1.54) is 18.9 Å². The van der Waals surface area contributed by atoms with Crippen molar-refractivity contribution in [2.24, 2.45) is 5.92 Å². The van der Waals surface area contributed by atoms with Gasteiger partial charge in [-0.05, 0) is 43.4 Å². The lowest BCUT2D eigenvalue weighted by Crippen LogP contribution is -1.97. The number of rotatable bonds is 3. The summed E-state index contributed by atoms with van der Waals surface area (Å²) in [5, 5.41) is 14.4. The number of phenols is 1. The third-order valence-electron chi connectivity index (χ3n) is 4.12. The van der Waals surface area contributed by atoms with E-state index in [9.17, 15) is 5.11 Å². The van der Waals surface area contributed by atoms with Crippen molar-refractivity contribution in [2.45, 2.75) is 38.5 Å². The van der Waals surface area contributed by atoms with Gasteiger partial charge in [-0.15, -0.1) is 0 Å². The van der Waals surface area contributed by atoms with E-state index < -0.39 is 0 Å². The summed E-state index contributed by atoms with van der Waals surface area (Å²) in [6.45, 7) is 2.22.